The zero-order valence-electron chi connectivity index (χ0n) is 10.7. The van der Waals surface area contributed by atoms with Crippen LogP contribution in [-0.4, -0.2) is 48.1 Å². The van der Waals surface area contributed by atoms with Crippen molar-refractivity contribution in [3.63, 3.8) is 0 Å². The van der Waals surface area contributed by atoms with Gasteiger partial charge in [-0.3, -0.25) is 9.59 Å². The van der Waals surface area contributed by atoms with Gasteiger partial charge in [0.15, 0.2) is 0 Å². The minimum atomic E-state index is -0.777. The van der Waals surface area contributed by atoms with Gasteiger partial charge in [0.05, 0.1) is 12.0 Å². The molecule has 1 heterocycles. The van der Waals surface area contributed by atoms with Crippen LogP contribution in [0.15, 0.2) is 0 Å². The number of carbonyl (C=O) groups is 2. The average molecular weight is 242 g/mol. The molecule has 17 heavy (non-hydrogen) atoms. The lowest BCUT2D eigenvalue weighted by molar-refractivity contribution is -0.155. The van der Waals surface area contributed by atoms with Crippen molar-refractivity contribution < 1.29 is 14.7 Å². The number of likely N-dealkylation sites (tertiary alicyclic amines) is 1. The highest BCUT2D eigenvalue weighted by molar-refractivity contribution is 5.81. The van der Waals surface area contributed by atoms with E-state index in [2.05, 4.69) is 5.32 Å². The van der Waals surface area contributed by atoms with Crippen molar-refractivity contribution in [2.45, 2.75) is 33.1 Å². The van der Waals surface area contributed by atoms with E-state index >= 15 is 0 Å². The van der Waals surface area contributed by atoms with Crippen LogP contribution >= 0.6 is 0 Å². The number of hydrogen-bond donors (Lipinski definition) is 2. The average Bonchev–Trinajstić information content (AvgIpc) is 2.35. The summed E-state index contributed by atoms with van der Waals surface area (Å²) in [6.07, 6.45) is 2.02. The highest BCUT2D eigenvalue weighted by Crippen LogP contribution is 2.33. The number of rotatable bonds is 5. The van der Waals surface area contributed by atoms with Gasteiger partial charge in [0.25, 0.3) is 0 Å². The molecule has 0 aromatic carbocycles. The van der Waals surface area contributed by atoms with E-state index in [9.17, 15) is 14.7 Å². The fraction of sp³-hybridized carbons (Fsp3) is 0.833. The molecule has 1 aliphatic heterocycles. The Hall–Kier alpha value is -1.10. The first kappa shape index (κ1) is 14.0. The molecule has 0 aliphatic carbocycles. The van der Waals surface area contributed by atoms with E-state index in [1.165, 1.54) is 0 Å². The summed E-state index contributed by atoms with van der Waals surface area (Å²) in [6, 6.07) is 0. The van der Waals surface area contributed by atoms with Gasteiger partial charge in [0.1, 0.15) is 0 Å². The number of carboxylic acid groups (broad SMARTS) is 1. The number of piperidine rings is 1. The van der Waals surface area contributed by atoms with E-state index in [1.807, 2.05) is 13.8 Å². The molecule has 1 fully saturated rings. The molecule has 1 saturated heterocycles. The molecule has 0 aromatic rings. The molecule has 5 heteroatoms. The minimum absolute atomic E-state index is 0.00521. The maximum absolute atomic E-state index is 11.9. The molecule has 1 aliphatic rings. The number of nitrogens with zero attached hydrogens (tertiary/aromatic N) is 1. The SMILES string of the molecule is CCNCC(=O)N1CCCC(CC)(C(=O)O)C1. The van der Waals surface area contributed by atoms with Crippen molar-refractivity contribution in [2.75, 3.05) is 26.2 Å². The third-order valence-corrected chi connectivity index (χ3v) is 3.59. The lowest BCUT2D eigenvalue weighted by atomic mass is 9.77. The summed E-state index contributed by atoms with van der Waals surface area (Å²) in [6.45, 7) is 5.90. The summed E-state index contributed by atoms with van der Waals surface area (Å²) in [5.41, 5.74) is -0.736. The molecule has 1 atom stereocenters. The van der Waals surface area contributed by atoms with Crippen LogP contribution in [0.4, 0.5) is 0 Å². The van der Waals surface area contributed by atoms with E-state index in [1.54, 1.807) is 4.90 Å². The van der Waals surface area contributed by atoms with Crippen LogP contribution in [0.5, 0.6) is 0 Å². The van der Waals surface area contributed by atoms with Crippen LogP contribution < -0.4 is 5.32 Å². The van der Waals surface area contributed by atoms with Crippen molar-refractivity contribution in [1.82, 2.24) is 10.2 Å². The van der Waals surface area contributed by atoms with Crippen molar-refractivity contribution in [1.29, 1.82) is 0 Å². The predicted molar refractivity (Wildman–Crippen MR) is 64.7 cm³/mol. The van der Waals surface area contributed by atoms with E-state index in [0.29, 0.717) is 32.5 Å². The molecule has 0 spiro atoms. The van der Waals surface area contributed by atoms with Gasteiger partial charge in [-0.1, -0.05) is 13.8 Å². The Morgan fingerprint density at radius 1 is 1.41 bits per heavy atom. The number of hydrogen-bond acceptors (Lipinski definition) is 3. The van der Waals surface area contributed by atoms with Gasteiger partial charge in [0.2, 0.25) is 5.91 Å². The van der Waals surface area contributed by atoms with Crippen molar-refractivity contribution in [3.8, 4) is 0 Å². The molecule has 0 aromatic heterocycles. The Balaban J connectivity index is 2.65. The van der Waals surface area contributed by atoms with E-state index in [0.717, 1.165) is 13.0 Å². The Morgan fingerprint density at radius 3 is 2.65 bits per heavy atom. The molecule has 2 N–H and O–H groups in total. The van der Waals surface area contributed by atoms with E-state index in [4.69, 9.17) is 0 Å². The summed E-state index contributed by atoms with van der Waals surface area (Å²) in [7, 11) is 0. The van der Waals surface area contributed by atoms with Gasteiger partial charge in [0, 0.05) is 13.1 Å². The normalized spacial score (nSPS) is 24.7. The highest BCUT2D eigenvalue weighted by Gasteiger charge is 2.41. The summed E-state index contributed by atoms with van der Waals surface area (Å²) >= 11 is 0. The lowest BCUT2D eigenvalue weighted by Crippen LogP contribution is -2.51. The number of aliphatic carboxylic acids is 1. The Labute approximate surface area is 102 Å². The number of carbonyl (C=O) groups excluding carboxylic acids is 1. The maximum Gasteiger partial charge on any atom is 0.311 e. The molecular formula is C12H22N2O3. The van der Waals surface area contributed by atoms with Gasteiger partial charge >= 0.3 is 5.97 Å². The fourth-order valence-corrected chi connectivity index (χ4v) is 2.30. The Bertz CT molecular complexity index is 293. The van der Waals surface area contributed by atoms with Gasteiger partial charge < -0.3 is 15.3 Å². The van der Waals surface area contributed by atoms with Crippen molar-refractivity contribution in [2.24, 2.45) is 5.41 Å². The van der Waals surface area contributed by atoms with Gasteiger partial charge in [-0.05, 0) is 25.8 Å². The molecular weight excluding hydrogens is 220 g/mol. The van der Waals surface area contributed by atoms with Crippen LogP contribution in [0.3, 0.4) is 0 Å². The highest BCUT2D eigenvalue weighted by atomic mass is 16.4. The van der Waals surface area contributed by atoms with E-state index < -0.39 is 11.4 Å². The second-order valence-electron chi connectivity index (χ2n) is 4.64. The van der Waals surface area contributed by atoms with Crippen LogP contribution in [-0.2, 0) is 9.59 Å². The third-order valence-electron chi connectivity index (χ3n) is 3.59. The first-order chi connectivity index (χ1) is 8.05. The van der Waals surface area contributed by atoms with Crippen LogP contribution in [0.2, 0.25) is 0 Å². The number of amides is 1. The molecule has 1 rings (SSSR count). The predicted octanol–water partition coefficient (Wildman–Crippen LogP) is 0.699. The number of likely N-dealkylation sites (N-methyl/N-ethyl adjacent to an activating group) is 1. The number of nitrogens with one attached hydrogen (secondary N) is 1. The summed E-state index contributed by atoms with van der Waals surface area (Å²) < 4.78 is 0. The maximum atomic E-state index is 11.9. The Morgan fingerprint density at radius 2 is 2.12 bits per heavy atom. The molecule has 0 bridgehead atoms. The Kier molecular flexibility index (Phi) is 4.93. The van der Waals surface area contributed by atoms with Gasteiger partial charge in [-0.2, -0.15) is 0 Å². The number of carboxylic acids is 1. The lowest BCUT2D eigenvalue weighted by Gasteiger charge is -2.39. The largest absolute Gasteiger partial charge is 0.481 e. The molecule has 0 radical (unpaired) electrons. The van der Waals surface area contributed by atoms with E-state index in [-0.39, 0.29) is 5.91 Å². The minimum Gasteiger partial charge on any atom is -0.481 e. The summed E-state index contributed by atoms with van der Waals surface area (Å²) in [5, 5.41) is 12.3. The first-order valence-corrected chi connectivity index (χ1v) is 6.27. The smallest absolute Gasteiger partial charge is 0.311 e. The van der Waals surface area contributed by atoms with Crippen LogP contribution in [0, 0.1) is 5.41 Å². The quantitative estimate of drug-likeness (QED) is 0.744. The molecule has 5 nitrogen and oxygen atoms in total. The fourth-order valence-electron chi connectivity index (χ4n) is 2.30. The zero-order chi connectivity index (χ0) is 12.9. The summed E-state index contributed by atoms with van der Waals surface area (Å²) in [4.78, 5) is 24.9. The molecule has 1 amide bonds. The monoisotopic (exact) mass is 242 g/mol. The van der Waals surface area contributed by atoms with Crippen molar-refractivity contribution in [3.05, 3.63) is 0 Å². The first-order valence-electron chi connectivity index (χ1n) is 6.27. The van der Waals surface area contributed by atoms with Gasteiger partial charge in [-0.15, -0.1) is 0 Å². The zero-order valence-corrected chi connectivity index (χ0v) is 10.7. The second kappa shape index (κ2) is 6.00. The standard InChI is InChI=1S/C12H22N2O3/c1-3-12(11(16)17)6-5-7-14(9-12)10(15)8-13-4-2/h13H,3-9H2,1-2H3,(H,16,17). The molecule has 98 valence electrons. The topological polar surface area (TPSA) is 69.6 Å². The third kappa shape index (κ3) is 3.19. The van der Waals surface area contributed by atoms with Crippen LogP contribution in [0.25, 0.3) is 0 Å². The van der Waals surface area contributed by atoms with Crippen LogP contribution in [0.1, 0.15) is 33.1 Å². The van der Waals surface area contributed by atoms with Crippen molar-refractivity contribution >= 4 is 11.9 Å². The van der Waals surface area contributed by atoms with Gasteiger partial charge in [-0.25, -0.2) is 0 Å². The molecule has 1 unspecified atom stereocenters. The molecule has 0 saturated carbocycles. The summed E-state index contributed by atoms with van der Waals surface area (Å²) in [5.74, 6) is -0.772. The second-order valence-corrected chi connectivity index (χ2v) is 4.64.